The SMILES string of the molecule is Cc1nc2cc(Cl)c(-c3cnc(N4CCNC(=O)C4)nc3)cc2n1Cc1ccccc1OC(F)F. The number of hydrogen-bond donors (Lipinski definition) is 1. The third-order valence-corrected chi connectivity index (χ3v) is 6.13. The van der Waals surface area contributed by atoms with Crippen molar-refractivity contribution in [2.45, 2.75) is 20.1 Å². The van der Waals surface area contributed by atoms with E-state index in [0.29, 0.717) is 58.6 Å². The summed E-state index contributed by atoms with van der Waals surface area (Å²) < 4.78 is 32.4. The smallest absolute Gasteiger partial charge is 0.387 e. The number of amides is 1. The number of halogens is 3. The Balaban J connectivity index is 1.49. The summed E-state index contributed by atoms with van der Waals surface area (Å²) in [4.78, 5) is 26.9. The number of carbonyl (C=O) groups excluding carboxylic acids is 1. The molecule has 1 fully saturated rings. The van der Waals surface area contributed by atoms with Crippen molar-refractivity contribution < 1.29 is 18.3 Å². The molecule has 180 valence electrons. The van der Waals surface area contributed by atoms with Crippen LogP contribution in [-0.4, -0.2) is 51.7 Å². The summed E-state index contributed by atoms with van der Waals surface area (Å²) in [5, 5.41) is 3.26. The molecule has 1 aliphatic rings. The van der Waals surface area contributed by atoms with Gasteiger partial charge in [-0.05, 0) is 25.1 Å². The summed E-state index contributed by atoms with van der Waals surface area (Å²) in [6, 6.07) is 10.3. The number of aryl methyl sites for hydroxylation is 1. The fourth-order valence-corrected chi connectivity index (χ4v) is 4.40. The lowest BCUT2D eigenvalue weighted by atomic mass is 10.1. The molecule has 1 N–H and O–H groups in total. The third kappa shape index (κ3) is 4.74. The van der Waals surface area contributed by atoms with Gasteiger partial charge in [0.15, 0.2) is 0 Å². The maximum absolute atomic E-state index is 12.9. The van der Waals surface area contributed by atoms with Crippen LogP contribution in [0.2, 0.25) is 5.02 Å². The van der Waals surface area contributed by atoms with Gasteiger partial charge in [-0.3, -0.25) is 4.79 Å². The Morgan fingerprint density at radius 3 is 2.71 bits per heavy atom. The Morgan fingerprint density at radius 2 is 1.97 bits per heavy atom. The number of hydrogen-bond acceptors (Lipinski definition) is 6. The molecule has 0 bridgehead atoms. The van der Waals surface area contributed by atoms with E-state index in [4.69, 9.17) is 16.3 Å². The topological polar surface area (TPSA) is 85.2 Å². The number of alkyl halides is 2. The van der Waals surface area contributed by atoms with Crippen LogP contribution in [0, 0.1) is 6.92 Å². The van der Waals surface area contributed by atoms with Crippen molar-refractivity contribution in [3.8, 4) is 16.9 Å². The molecule has 4 aromatic rings. The molecular weight excluding hydrogens is 478 g/mol. The first-order valence-electron chi connectivity index (χ1n) is 10.9. The van der Waals surface area contributed by atoms with Crippen molar-refractivity contribution in [1.29, 1.82) is 0 Å². The van der Waals surface area contributed by atoms with Gasteiger partial charge in [-0.2, -0.15) is 8.78 Å². The second-order valence-electron chi connectivity index (χ2n) is 8.10. The molecule has 0 radical (unpaired) electrons. The number of nitrogens with zero attached hydrogens (tertiary/aromatic N) is 5. The fourth-order valence-electron chi connectivity index (χ4n) is 4.14. The number of imidazole rings is 1. The zero-order valence-electron chi connectivity index (χ0n) is 18.7. The lowest BCUT2D eigenvalue weighted by molar-refractivity contribution is -0.120. The van der Waals surface area contributed by atoms with E-state index in [9.17, 15) is 13.6 Å². The summed E-state index contributed by atoms with van der Waals surface area (Å²) in [6.07, 6.45) is 3.34. The zero-order chi connectivity index (χ0) is 24.5. The van der Waals surface area contributed by atoms with Crippen LogP contribution in [0.4, 0.5) is 14.7 Å². The second kappa shape index (κ2) is 9.46. The minimum absolute atomic E-state index is 0.0680. The normalized spacial score (nSPS) is 14.0. The first-order valence-corrected chi connectivity index (χ1v) is 11.3. The number of benzene rings is 2. The largest absolute Gasteiger partial charge is 0.434 e. The maximum Gasteiger partial charge on any atom is 0.387 e. The van der Waals surface area contributed by atoms with Crippen molar-refractivity contribution in [2.75, 3.05) is 24.5 Å². The van der Waals surface area contributed by atoms with Gasteiger partial charge in [-0.25, -0.2) is 15.0 Å². The summed E-state index contributed by atoms with van der Waals surface area (Å²) in [7, 11) is 0. The maximum atomic E-state index is 12.9. The van der Waals surface area contributed by atoms with Crippen molar-refractivity contribution >= 4 is 34.5 Å². The number of piperazine rings is 1. The van der Waals surface area contributed by atoms with E-state index >= 15 is 0 Å². The molecule has 0 atom stereocenters. The van der Waals surface area contributed by atoms with E-state index in [-0.39, 0.29) is 18.2 Å². The highest BCUT2D eigenvalue weighted by molar-refractivity contribution is 6.34. The summed E-state index contributed by atoms with van der Waals surface area (Å²) in [5.74, 6) is 1.22. The minimum atomic E-state index is -2.91. The van der Waals surface area contributed by atoms with Gasteiger partial charge in [0.25, 0.3) is 0 Å². The predicted molar refractivity (Wildman–Crippen MR) is 128 cm³/mol. The van der Waals surface area contributed by atoms with E-state index in [1.807, 2.05) is 22.5 Å². The lowest BCUT2D eigenvalue weighted by Gasteiger charge is -2.26. The van der Waals surface area contributed by atoms with Crippen molar-refractivity contribution in [3.63, 3.8) is 0 Å². The number of ether oxygens (including phenoxy) is 1. The van der Waals surface area contributed by atoms with Crippen LogP contribution in [0.15, 0.2) is 48.8 Å². The van der Waals surface area contributed by atoms with Crippen LogP contribution in [0.25, 0.3) is 22.2 Å². The molecule has 1 aliphatic heterocycles. The summed E-state index contributed by atoms with van der Waals surface area (Å²) >= 11 is 6.58. The van der Waals surface area contributed by atoms with Crippen LogP contribution in [0.1, 0.15) is 11.4 Å². The summed E-state index contributed by atoms with van der Waals surface area (Å²) in [6.45, 7) is 0.606. The molecule has 0 spiro atoms. The van der Waals surface area contributed by atoms with Crippen LogP contribution in [0.5, 0.6) is 5.75 Å². The number of nitrogens with one attached hydrogen (secondary N) is 1. The molecular formula is C24H21ClF2N6O2. The molecule has 1 saturated heterocycles. The Kier molecular flexibility index (Phi) is 6.21. The van der Waals surface area contributed by atoms with Crippen molar-refractivity contribution in [2.24, 2.45) is 0 Å². The molecule has 2 aromatic heterocycles. The first kappa shape index (κ1) is 23.0. The number of carbonyl (C=O) groups is 1. The molecule has 0 saturated carbocycles. The molecule has 11 heteroatoms. The van der Waals surface area contributed by atoms with Crippen LogP contribution in [-0.2, 0) is 11.3 Å². The Hall–Kier alpha value is -3.79. The standard InChI is InChI=1S/C24H21ClF2N6O2/c1-14-31-19-9-18(25)17(16-10-29-24(30-11-16)32-7-6-28-22(34)13-32)8-20(19)33(14)12-15-4-2-3-5-21(15)35-23(26)27/h2-5,8-11,23H,6-7,12-13H2,1H3,(H,28,34). The van der Waals surface area contributed by atoms with Gasteiger partial charge in [0.2, 0.25) is 11.9 Å². The van der Waals surface area contributed by atoms with Crippen LogP contribution >= 0.6 is 11.6 Å². The Morgan fingerprint density at radius 1 is 1.20 bits per heavy atom. The monoisotopic (exact) mass is 498 g/mol. The zero-order valence-corrected chi connectivity index (χ0v) is 19.5. The highest BCUT2D eigenvalue weighted by Gasteiger charge is 2.20. The molecule has 2 aromatic carbocycles. The highest BCUT2D eigenvalue weighted by Crippen LogP contribution is 2.33. The fraction of sp³-hybridized carbons (Fsp3) is 0.250. The lowest BCUT2D eigenvalue weighted by Crippen LogP contribution is -2.48. The molecule has 5 rings (SSSR count). The Bertz CT molecular complexity index is 1390. The van der Waals surface area contributed by atoms with Gasteiger partial charge >= 0.3 is 6.61 Å². The number of para-hydroxylation sites is 1. The number of anilines is 1. The van der Waals surface area contributed by atoms with Crippen LogP contribution < -0.4 is 15.0 Å². The summed E-state index contributed by atoms with van der Waals surface area (Å²) in [5.41, 5.74) is 3.48. The third-order valence-electron chi connectivity index (χ3n) is 5.82. The quantitative estimate of drug-likeness (QED) is 0.432. The van der Waals surface area contributed by atoms with E-state index in [1.165, 1.54) is 6.07 Å². The first-order chi connectivity index (χ1) is 16.9. The van der Waals surface area contributed by atoms with Crippen molar-refractivity contribution in [3.05, 3.63) is 65.2 Å². The average Bonchev–Trinajstić information content (AvgIpc) is 3.13. The number of fused-ring (bicyclic) bond motifs is 1. The van der Waals surface area contributed by atoms with Gasteiger partial charge in [-0.1, -0.05) is 29.8 Å². The molecule has 1 amide bonds. The van der Waals surface area contributed by atoms with E-state index in [1.54, 1.807) is 36.7 Å². The molecule has 35 heavy (non-hydrogen) atoms. The molecule has 3 heterocycles. The molecule has 8 nitrogen and oxygen atoms in total. The molecule has 0 unspecified atom stereocenters. The van der Waals surface area contributed by atoms with Gasteiger partial charge in [0, 0.05) is 42.2 Å². The van der Waals surface area contributed by atoms with E-state index in [0.717, 1.165) is 5.52 Å². The predicted octanol–water partition coefficient (Wildman–Crippen LogP) is 4.04. The number of aromatic nitrogens is 4. The van der Waals surface area contributed by atoms with E-state index in [2.05, 4.69) is 20.3 Å². The van der Waals surface area contributed by atoms with Gasteiger partial charge in [-0.15, -0.1) is 0 Å². The van der Waals surface area contributed by atoms with E-state index < -0.39 is 6.61 Å². The van der Waals surface area contributed by atoms with Gasteiger partial charge in [0.05, 0.1) is 29.1 Å². The minimum Gasteiger partial charge on any atom is -0.434 e. The van der Waals surface area contributed by atoms with Crippen molar-refractivity contribution in [1.82, 2.24) is 24.8 Å². The van der Waals surface area contributed by atoms with Gasteiger partial charge in [0.1, 0.15) is 11.6 Å². The molecule has 0 aliphatic carbocycles. The number of rotatable bonds is 6. The van der Waals surface area contributed by atoms with Gasteiger partial charge < -0.3 is 19.5 Å². The average molecular weight is 499 g/mol. The Labute approximate surface area is 204 Å². The second-order valence-corrected chi connectivity index (χ2v) is 8.50. The highest BCUT2D eigenvalue weighted by atomic mass is 35.5. The van der Waals surface area contributed by atoms with Crippen LogP contribution in [0.3, 0.4) is 0 Å².